The van der Waals surface area contributed by atoms with Crippen LogP contribution in [0.15, 0.2) is 12.1 Å². The molecule has 1 unspecified atom stereocenters. The smallest absolute Gasteiger partial charge is 0.306 e. The number of hydrogen-bond acceptors (Lipinski definition) is 2. The molecule has 0 aliphatic rings. The van der Waals surface area contributed by atoms with Crippen LogP contribution in [0.5, 0.6) is 5.75 Å². The van der Waals surface area contributed by atoms with E-state index in [2.05, 4.69) is 0 Å². The van der Waals surface area contributed by atoms with Crippen molar-refractivity contribution in [3.05, 3.63) is 28.3 Å². The molecule has 1 N–H and O–H groups in total. The van der Waals surface area contributed by atoms with Gasteiger partial charge >= 0.3 is 5.97 Å². The summed E-state index contributed by atoms with van der Waals surface area (Å²) in [6.07, 6.45) is 0.374. The molecule has 0 radical (unpaired) electrons. The van der Waals surface area contributed by atoms with E-state index in [4.69, 9.17) is 21.4 Å². The Balaban J connectivity index is 3.11. The Kier molecular flexibility index (Phi) is 4.19. The predicted octanol–water partition coefficient (Wildman–Crippen LogP) is 2.92. The Morgan fingerprint density at radius 1 is 1.56 bits per heavy atom. The topological polar surface area (TPSA) is 46.5 Å². The van der Waals surface area contributed by atoms with Crippen molar-refractivity contribution in [3.8, 4) is 5.75 Å². The van der Waals surface area contributed by atoms with Gasteiger partial charge in [0.1, 0.15) is 5.75 Å². The normalized spacial score (nSPS) is 12.2. The van der Waals surface area contributed by atoms with Gasteiger partial charge in [0.15, 0.2) is 0 Å². The molecular formula is C12H15ClO3. The third kappa shape index (κ3) is 2.67. The summed E-state index contributed by atoms with van der Waals surface area (Å²) in [6.45, 7) is 3.56. The van der Waals surface area contributed by atoms with Crippen LogP contribution in [0.3, 0.4) is 0 Å². The van der Waals surface area contributed by atoms with Gasteiger partial charge in [0.25, 0.3) is 0 Å². The fraction of sp³-hybridized carbons (Fsp3) is 0.417. The molecule has 0 amide bonds. The third-order valence-electron chi connectivity index (χ3n) is 2.54. The zero-order valence-electron chi connectivity index (χ0n) is 9.58. The number of halogens is 1. The van der Waals surface area contributed by atoms with Crippen molar-refractivity contribution in [1.29, 1.82) is 0 Å². The number of aliphatic carboxylic acids is 1. The lowest BCUT2D eigenvalue weighted by Gasteiger charge is -2.14. The number of hydrogen-bond donors (Lipinski definition) is 1. The molecule has 88 valence electrons. The summed E-state index contributed by atoms with van der Waals surface area (Å²) in [6, 6.07) is 3.62. The lowest BCUT2D eigenvalue weighted by molar-refractivity contribution is -0.141. The van der Waals surface area contributed by atoms with Crippen molar-refractivity contribution < 1.29 is 14.6 Å². The summed E-state index contributed by atoms with van der Waals surface area (Å²) in [4.78, 5) is 10.8. The van der Waals surface area contributed by atoms with Crippen LogP contribution in [0.4, 0.5) is 0 Å². The summed E-state index contributed by atoms with van der Waals surface area (Å²) < 4.78 is 5.26. The highest BCUT2D eigenvalue weighted by molar-refractivity contribution is 6.31. The van der Waals surface area contributed by atoms with Crippen molar-refractivity contribution in [2.75, 3.05) is 7.11 Å². The summed E-state index contributed by atoms with van der Waals surface area (Å²) in [5, 5.41) is 9.43. The van der Waals surface area contributed by atoms with Crippen LogP contribution in [0.1, 0.15) is 18.1 Å². The Labute approximate surface area is 100.0 Å². The minimum Gasteiger partial charge on any atom is -0.496 e. The van der Waals surface area contributed by atoms with Crippen LogP contribution in [0, 0.1) is 12.8 Å². The van der Waals surface area contributed by atoms with E-state index in [0.29, 0.717) is 17.2 Å². The molecule has 0 fully saturated rings. The molecule has 1 rings (SSSR count). The second-order valence-electron chi connectivity index (χ2n) is 3.82. The molecule has 4 heteroatoms. The van der Waals surface area contributed by atoms with Gasteiger partial charge in [-0.3, -0.25) is 4.79 Å². The SMILES string of the molecule is COc1c(C)ccc(Cl)c1CC(C)C(=O)O. The molecule has 16 heavy (non-hydrogen) atoms. The molecular weight excluding hydrogens is 228 g/mol. The van der Waals surface area contributed by atoms with Crippen LogP contribution in [-0.2, 0) is 11.2 Å². The molecule has 0 saturated carbocycles. The number of rotatable bonds is 4. The summed E-state index contributed by atoms with van der Waals surface area (Å²) in [5.74, 6) is -0.631. The number of aryl methyl sites for hydroxylation is 1. The molecule has 1 aromatic rings. The monoisotopic (exact) mass is 242 g/mol. The predicted molar refractivity (Wildman–Crippen MR) is 63.2 cm³/mol. The van der Waals surface area contributed by atoms with Gasteiger partial charge in [-0.15, -0.1) is 0 Å². The molecule has 0 saturated heterocycles. The van der Waals surface area contributed by atoms with Gasteiger partial charge in [0, 0.05) is 10.6 Å². The van der Waals surface area contributed by atoms with Gasteiger partial charge in [-0.1, -0.05) is 24.6 Å². The maximum atomic E-state index is 10.8. The zero-order chi connectivity index (χ0) is 12.3. The fourth-order valence-electron chi connectivity index (χ4n) is 1.59. The van der Waals surface area contributed by atoms with E-state index in [1.165, 1.54) is 0 Å². The number of carbonyl (C=O) groups is 1. The highest BCUT2D eigenvalue weighted by Gasteiger charge is 2.18. The summed E-state index contributed by atoms with van der Waals surface area (Å²) in [5.41, 5.74) is 1.72. The fourth-order valence-corrected chi connectivity index (χ4v) is 1.81. The van der Waals surface area contributed by atoms with E-state index in [9.17, 15) is 4.79 Å². The molecule has 0 aliphatic heterocycles. The number of methoxy groups -OCH3 is 1. The quantitative estimate of drug-likeness (QED) is 0.883. The molecule has 0 heterocycles. The first kappa shape index (κ1) is 12.8. The first-order chi connectivity index (χ1) is 7.47. The van der Waals surface area contributed by atoms with Gasteiger partial charge < -0.3 is 9.84 Å². The Bertz CT molecular complexity index is 401. The van der Waals surface area contributed by atoms with Gasteiger partial charge in [-0.05, 0) is 25.0 Å². The van der Waals surface area contributed by atoms with Crippen LogP contribution < -0.4 is 4.74 Å². The molecule has 0 aromatic heterocycles. The zero-order valence-corrected chi connectivity index (χ0v) is 10.3. The van der Waals surface area contributed by atoms with Crippen LogP contribution in [0.2, 0.25) is 5.02 Å². The second kappa shape index (κ2) is 5.21. The van der Waals surface area contributed by atoms with Gasteiger partial charge in [0.05, 0.1) is 13.0 Å². The minimum atomic E-state index is -0.834. The van der Waals surface area contributed by atoms with E-state index in [1.54, 1.807) is 20.1 Å². The molecule has 1 atom stereocenters. The van der Waals surface area contributed by atoms with Crippen molar-refractivity contribution in [2.24, 2.45) is 5.92 Å². The minimum absolute atomic E-state index is 0.374. The number of carboxylic acids is 1. The average Bonchev–Trinajstić information content (AvgIpc) is 2.23. The van der Waals surface area contributed by atoms with Gasteiger partial charge in [-0.25, -0.2) is 0 Å². The molecule has 0 spiro atoms. The number of ether oxygens (including phenoxy) is 1. The molecule has 3 nitrogen and oxygen atoms in total. The average molecular weight is 243 g/mol. The molecule has 1 aromatic carbocycles. The highest BCUT2D eigenvalue weighted by Crippen LogP contribution is 2.32. The van der Waals surface area contributed by atoms with Crippen molar-refractivity contribution in [1.82, 2.24) is 0 Å². The highest BCUT2D eigenvalue weighted by atomic mass is 35.5. The lowest BCUT2D eigenvalue weighted by atomic mass is 9.98. The van der Waals surface area contributed by atoms with Gasteiger partial charge in [-0.2, -0.15) is 0 Å². The van der Waals surface area contributed by atoms with Crippen LogP contribution in [0.25, 0.3) is 0 Å². The van der Waals surface area contributed by atoms with E-state index in [-0.39, 0.29) is 0 Å². The van der Waals surface area contributed by atoms with E-state index in [1.807, 2.05) is 13.0 Å². The number of benzene rings is 1. The first-order valence-corrected chi connectivity index (χ1v) is 5.40. The molecule has 0 bridgehead atoms. The van der Waals surface area contributed by atoms with E-state index in [0.717, 1.165) is 11.1 Å². The Hall–Kier alpha value is -1.22. The Morgan fingerprint density at radius 3 is 2.69 bits per heavy atom. The third-order valence-corrected chi connectivity index (χ3v) is 2.89. The van der Waals surface area contributed by atoms with Crippen molar-refractivity contribution in [3.63, 3.8) is 0 Å². The lowest BCUT2D eigenvalue weighted by Crippen LogP contribution is -2.13. The second-order valence-corrected chi connectivity index (χ2v) is 4.23. The maximum Gasteiger partial charge on any atom is 0.306 e. The molecule has 0 aliphatic carbocycles. The van der Waals surface area contributed by atoms with Crippen LogP contribution in [-0.4, -0.2) is 18.2 Å². The Morgan fingerprint density at radius 2 is 2.19 bits per heavy atom. The first-order valence-electron chi connectivity index (χ1n) is 5.02. The number of carboxylic acid groups (broad SMARTS) is 1. The largest absolute Gasteiger partial charge is 0.496 e. The summed E-state index contributed by atoms with van der Waals surface area (Å²) >= 11 is 6.06. The van der Waals surface area contributed by atoms with Crippen LogP contribution >= 0.6 is 11.6 Å². The maximum absolute atomic E-state index is 10.8. The van der Waals surface area contributed by atoms with E-state index >= 15 is 0 Å². The standard InChI is InChI=1S/C12H15ClO3/c1-7-4-5-10(13)9(11(7)16-3)6-8(2)12(14)15/h4-5,8H,6H2,1-3H3,(H,14,15). The summed E-state index contributed by atoms with van der Waals surface area (Å²) in [7, 11) is 1.56. The van der Waals surface area contributed by atoms with Crippen molar-refractivity contribution in [2.45, 2.75) is 20.3 Å². The van der Waals surface area contributed by atoms with Crippen molar-refractivity contribution >= 4 is 17.6 Å². The van der Waals surface area contributed by atoms with Gasteiger partial charge in [0.2, 0.25) is 0 Å². The van der Waals surface area contributed by atoms with E-state index < -0.39 is 11.9 Å².